The summed E-state index contributed by atoms with van der Waals surface area (Å²) in [5, 5.41) is 3.02. The first-order valence-corrected chi connectivity index (χ1v) is 8.68. The number of carbonyl (C=O) groups is 2. The molecule has 2 saturated carbocycles. The normalized spacial score (nSPS) is 29.6. The van der Waals surface area contributed by atoms with Crippen molar-refractivity contribution in [1.82, 2.24) is 15.1 Å². The molecule has 0 aromatic rings. The van der Waals surface area contributed by atoms with E-state index in [-0.39, 0.29) is 17.7 Å². The van der Waals surface area contributed by atoms with Gasteiger partial charge < -0.3 is 16.0 Å². The number of nitrogens with zero attached hydrogens (tertiary/aromatic N) is 2. The van der Waals surface area contributed by atoms with Gasteiger partial charge in [-0.15, -0.1) is 0 Å². The fourth-order valence-electron chi connectivity index (χ4n) is 3.71. The van der Waals surface area contributed by atoms with E-state index in [0.29, 0.717) is 25.0 Å². The van der Waals surface area contributed by atoms with Crippen LogP contribution in [0.15, 0.2) is 0 Å². The average molecular weight is 308 g/mol. The third-order valence-electron chi connectivity index (χ3n) is 5.27. The summed E-state index contributed by atoms with van der Waals surface area (Å²) < 4.78 is 0. The highest BCUT2D eigenvalue weighted by Gasteiger charge is 2.35. The topological polar surface area (TPSA) is 78.7 Å². The number of amides is 2. The molecule has 0 aromatic carbocycles. The Morgan fingerprint density at radius 3 is 2.41 bits per heavy atom. The van der Waals surface area contributed by atoms with E-state index in [0.717, 1.165) is 58.3 Å². The van der Waals surface area contributed by atoms with Crippen LogP contribution < -0.4 is 11.1 Å². The number of nitrogens with two attached hydrogens (primary N) is 1. The van der Waals surface area contributed by atoms with E-state index in [1.807, 2.05) is 4.90 Å². The summed E-state index contributed by atoms with van der Waals surface area (Å²) in [6, 6.07) is 0.422. The smallest absolute Gasteiger partial charge is 0.234 e. The summed E-state index contributed by atoms with van der Waals surface area (Å²) in [6.07, 6.45) is 5.45. The van der Waals surface area contributed by atoms with Crippen LogP contribution in [0.25, 0.3) is 0 Å². The van der Waals surface area contributed by atoms with E-state index in [2.05, 4.69) is 10.2 Å². The van der Waals surface area contributed by atoms with Crippen molar-refractivity contribution >= 4 is 11.8 Å². The zero-order chi connectivity index (χ0) is 15.5. The molecular formula is C16H28N4O2. The van der Waals surface area contributed by atoms with Crippen LogP contribution in [0, 0.1) is 11.8 Å². The fourth-order valence-corrected chi connectivity index (χ4v) is 3.71. The van der Waals surface area contributed by atoms with Crippen LogP contribution >= 0.6 is 0 Å². The van der Waals surface area contributed by atoms with Crippen molar-refractivity contribution in [3.63, 3.8) is 0 Å². The minimum Gasteiger partial charge on any atom is -0.352 e. The van der Waals surface area contributed by atoms with E-state index in [9.17, 15) is 9.59 Å². The van der Waals surface area contributed by atoms with E-state index < -0.39 is 0 Å². The molecule has 0 unspecified atom stereocenters. The van der Waals surface area contributed by atoms with Gasteiger partial charge in [-0.05, 0) is 38.1 Å². The van der Waals surface area contributed by atoms with Gasteiger partial charge in [0.2, 0.25) is 11.8 Å². The van der Waals surface area contributed by atoms with Crippen LogP contribution in [0.3, 0.4) is 0 Å². The van der Waals surface area contributed by atoms with Gasteiger partial charge in [0.05, 0.1) is 6.54 Å². The second-order valence-corrected chi connectivity index (χ2v) is 6.98. The first-order valence-electron chi connectivity index (χ1n) is 8.68. The number of hydrogen-bond donors (Lipinski definition) is 2. The number of hydrogen-bond acceptors (Lipinski definition) is 4. The lowest BCUT2D eigenvalue weighted by molar-refractivity contribution is -0.138. The lowest BCUT2D eigenvalue weighted by atomic mass is 9.94. The lowest BCUT2D eigenvalue weighted by Gasteiger charge is -2.36. The monoisotopic (exact) mass is 308 g/mol. The molecule has 1 aliphatic heterocycles. The zero-order valence-electron chi connectivity index (χ0n) is 13.3. The van der Waals surface area contributed by atoms with Crippen LogP contribution in [0.5, 0.6) is 0 Å². The maximum atomic E-state index is 12.6. The molecule has 3 rings (SSSR count). The first-order chi connectivity index (χ1) is 10.7. The Hall–Kier alpha value is -1.14. The summed E-state index contributed by atoms with van der Waals surface area (Å²) in [5.41, 5.74) is 5.79. The highest BCUT2D eigenvalue weighted by Crippen LogP contribution is 2.32. The maximum Gasteiger partial charge on any atom is 0.234 e. The van der Waals surface area contributed by atoms with Crippen LogP contribution in [-0.4, -0.2) is 66.9 Å². The molecular weight excluding hydrogens is 280 g/mol. The fraction of sp³-hybridized carbons (Fsp3) is 0.875. The molecule has 3 aliphatic rings. The Bertz CT molecular complexity index is 416. The van der Waals surface area contributed by atoms with Crippen LogP contribution in [0.2, 0.25) is 0 Å². The van der Waals surface area contributed by atoms with Gasteiger partial charge in [0, 0.05) is 38.1 Å². The Balaban J connectivity index is 1.42. The predicted octanol–water partition coefficient (Wildman–Crippen LogP) is -0.216. The van der Waals surface area contributed by atoms with Gasteiger partial charge in [-0.25, -0.2) is 0 Å². The molecule has 0 aromatic heterocycles. The minimum absolute atomic E-state index is 0.126. The van der Waals surface area contributed by atoms with Gasteiger partial charge >= 0.3 is 0 Å². The average Bonchev–Trinajstić information content (AvgIpc) is 3.19. The molecule has 2 amide bonds. The summed E-state index contributed by atoms with van der Waals surface area (Å²) in [6.45, 7) is 4.16. The number of piperazine rings is 1. The molecule has 124 valence electrons. The van der Waals surface area contributed by atoms with E-state index in [1.54, 1.807) is 0 Å². The van der Waals surface area contributed by atoms with Crippen molar-refractivity contribution in [2.24, 2.45) is 17.6 Å². The first kappa shape index (κ1) is 15.7. The SMILES string of the molecule is NC[C@H]1CCC[C@H]1C(=O)N1CCN(CC(=O)NC2CC2)CC1. The molecule has 0 bridgehead atoms. The van der Waals surface area contributed by atoms with E-state index in [4.69, 9.17) is 5.73 Å². The lowest BCUT2D eigenvalue weighted by Crippen LogP contribution is -2.53. The van der Waals surface area contributed by atoms with Crippen LogP contribution in [0.1, 0.15) is 32.1 Å². The molecule has 1 heterocycles. The largest absolute Gasteiger partial charge is 0.352 e. The minimum atomic E-state index is 0.126. The number of rotatable bonds is 5. The Morgan fingerprint density at radius 2 is 1.77 bits per heavy atom. The summed E-state index contributed by atoms with van der Waals surface area (Å²) in [5.74, 6) is 0.917. The van der Waals surface area contributed by atoms with Gasteiger partial charge in [0.1, 0.15) is 0 Å². The van der Waals surface area contributed by atoms with Gasteiger partial charge in [0.25, 0.3) is 0 Å². The van der Waals surface area contributed by atoms with Crippen molar-refractivity contribution < 1.29 is 9.59 Å². The van der Waals surface area contributed by atoms with Crippen molar-refractivity contribution in [2.75, 3.05) is 39.3 Å². The highest BCUT2D eigenvalue weighted by atomic mass is 16.2. The molecule has 3 N–H and O–H groups in total. The van der Waals surface area contributed by atoms with Gasteiger partial charge in [0.15, 0.2) is 0 Å². The van der Waals surface area contributed by atoms with Crippen molar-refractivity contribution in [3.05, 3.63) is 0 Å². The summed E-state index contributed by atoms with van der Waals surface area (Å²) >= 11 is 0. The molecule has 0 spiro atoms. The molecule has 3 fully saturated rings. The Morgan fingerprint density at radius 1 is 1.05 bits per heavy atom. The molecule has 2 aliphatic carbocycles. The zero-order valence-corrected chi connectivity index (χ0v) is 13.3. The summed E-state index contributed by atoms with van der Waals surface area (Å²) in [7, 11) is 0. The van der Waals surface area contributed by atoms with Crippen LogP contribution in [0.4, 0.5) is 0 Å². The van der Waals surface area contributed by atoms with Crippen molar-refractivity contribution in [2.45, 2.75) is 38.1 Å². The van der Waals surface area contributed by atoms with Crippen LogP contribution in [-0.2, 0) is 9.59 Å². The third-order valence-corrected chi connectivity index (χ3v) is 5.27. The highest BCUT2D eigenvalue weighted by molar-refractivity contribution is 5.80. The third kappa shape index (κ3) is 3.79. The Kier molecular flexibility index (Phi) is 4.98. The van der Waals surface area contributed by atoms with E-state index in [1.165, 1.54) is 0 Å². The number of carbonyl (C=O) groups excluding carboxylic acids is 2. The van der Waals surface area contributed by atoms with Gasteiger partial charge in [-0.2, -0.15) is 0 Å². The molecule has 22 heavy (non-hydrogen) atoms. The Labute approximate surface area is 132 Å². The molecule has 1 saturated heterocycles. The second-order valence-electron chi connectivity index (χ2n) is 6.98. The molecule has 6 heteroatoms. The number of nitrogens with one attached hydrogen (secondary N) is 1. The quantitative estimate of drug-likeness (QED) is 0.736. The van der Waals surface area contributed by atoms with Gasteiger partial charge in [-0.1, -0.05) is 6.42 Å². The summed E-state index contributed by atoms with van der Waals surface area (Å²) in [4.78, 5) is 28.6. The second kappa shape index (κ2) is 6.96. The predicted molar refractivity (Wildman–Crippen MR) is 84.1 cm³/mol. The molecule has 6 nitrogen and oxygen atoms in total. The molecule has 0 radical (unpaired) electrons. The van der Waals surface area contributed by atoms with E-state index >= 15 is 0 Å². The van der Waals surface area contributed by atoms with Crippen molar-refractivity contribution in [1.29, 1.82) is 0 Å². The maximum absolute atomic E-state index is 12.6. The van der Waals surface area contributed by atoms with Crippen molar-refractivity contribution in [3.8, 4) is 0 Å². The van der Waals surface area contributed by atoms with Gasteiger partial charge in [-0.3, -0.25) is 14.5 Å². The molecule has 2 atom stereocenters. The standard InChI is InChI=1S/C16H28N4O2/c17-10-12-2-1-3-14(12)16(22)20-8-6-19(7-9-20)11-15(21)18-13-4-5-13/h12-14H,1-11,17H2,(H,18,21)/t12-,14-/m1/s1.